The van der Waals surface area contributed by atoms with Crippen LogP contribution in [0.15, 0.2) is 11.8 Å². The van der Waals surface area contributed by atoms with E-state index in [4.69, 9.17) is 9.57 Å². The van der Waals surface area contributed by atoms with E-state index in [1.165, 1.54) is 18.9 Å². The molecule has 18 heavy (non-hydrogen) atoms. The quantitative estimate of drug-likeness (QED) is 0.714. The molecule has 0 spiro atoms. The summed E-state index contributed by atoms with van der Waals surface area (Å²) >= 11 is 0. The van der Waals surface area contributed by atoms with Crippen molar-refractivity contribution in [3.8, 4) is 11.8 Å². The molecular weight excluding hydrogens is 230 g/mol. The fourth-order valence-electron chi connectivity index (χ4n) is 1.79. The summed E-state index contributed by atoms with van der Waals surface area (Å²) in [6.07, 6.45) is 3.77. The molecule has 4 nitrogen and oxygen atoms in total. The Bertz CT molecular complexity index is 412. The van der Waals surface area contributed by atoms with Crippen LogP contribution in [0.25, 0.3) is 0 Å². The summed E-state index contributed by atoms with van der Waals surface area (Å²) in [5, 5.41) is 1.63. The Morgan fingerprint density at radius 2 is 2.22 bits per heavy atom. The van der Waals surface area contributed by atoms with Gasteiger partial charge in [0, 0.05) is 5.92 Å². The van der Waals surface area contributed by atoms with Crippen molar-refractivity contribution >= 4 is 5.97 Å². The van der Waals surface area contributed by atoms with Crippen LogP contribution in [-0.4, -0.2) is 30.7 Å². The van der Waals surface area contributed by atoms with Crippen LogP contribution < -0.4 is 0 Å². The fourth-order valence-corrected chi connectivity index (χ4v) is 1.79. The van der Waals surface area contributed by atoms with Gasteiger partial charge in [0.05, 0.1) is 19.7 Å². The van der Waals surface area contributed by atoms with Crippen molar-refractivity contribution in [2.24, 2.45) is 11.8 Å². The van der Waals surface area contributed by atoms with Gasteiger partial charge in [0.1, 0.15) is 11.8 Å². The number of ether oxygens (including phenoxy) is 1. The van der Waals surface area contributed by atoms with Crippen LogP contribution in [0, 0.1) is 23.7 Å². The number of nitrogens with zero attached hydrogens (tertiary/aromatic N) is 1. The molecule has 1 aliphatic carbocycles. The minimum Gasteiger partial charge on any atom is -0.499 e. The summed E-state index contributed by atoms with van der Waals surface area (Å²) in [4.78, 5) is 16.7. The fraction of sp³-hybridized carbons (Fsp3) is 0.643. The predicted octanol–water partition coefficient (Wildman–Crippen LogP) is 1.73. The molecule has 0 bridgehead atoms. The van der Waals surface area contributed by atoms with Gasteiger partial charge in [0.25, 0.3) is 0 Å². The lowest BCUT2D eigenvalue weighted by molar-refractivity contribution is -0.198. The molecule has 1 saturated carbocycles. The molecule has 0 saturated heterocycles. The Morgan fingerprint density at radius 1 is 1.50 bits per heavy atom. The predicted molar refractivity (Wildman–Crippen MR) is 67.0 cm³/mol. The first-order chi connectivity index (χ1) is 8.60. The molecule has 0 aromatic heterocycles. The third kappa shape index (κ3) is 3.27. The van der Waals surface area contributed by atoms with E-state index in [1.54, 1.807) is 12.2 Å². The first-order valence-corrected chi connectivity index (χ1v) is 6.34. The summed E-state index contributed by atoms with van der Waals surface area (Å²) in [5.41, 5.74) is 0. The molecule has 0 N–H and O–H groups in total. The van der Waals surface area contributed by atoms with Crippen LogP contribution in [0.1, 0.15) is 26.7 Å². The topological polar surface area (TPSA) is 38.8 Å². The second-order valence-corrected chi connectivity index (χ2v) is 5.05. The van der Waals surface area contributed by atoms with E-state index >= 15 is 0 Å². The van der Waals surface area contributed by atoms with E-state index in [1.807, 2.05) is 0 Å². The first kappa shape index (κ1) is 13.0. The van der Waals surface area contributed by atoms with Crippen LogP contribution in [0.3, 0.4) is 0 Å². The lowest BCUT2D eigenvalue weighted by atomic mass is 10.0. The summed E-state index contributed by atoms with van der Waals surface area (Å²) in [7, 11) is 1.56. The molecule has 0 aromatic rings. The molecular formula is C14H19NO3. The Balaban J connectivity index is 2.09. The van der Waals surface area contributed by atoms with Gasteiger partial charge in [-0.15, -0.1) is 5.06 Å². The number of hydrogen-bond acceptors (Lipinski definition) is 4. The molecule has 0 radical (unpaired) electrons. The van der Waals surface area contributed by atoms with Gasteiger partial charge in [-0.1, -0.05) is 25.7 Å². The number of hydrogen-bond donors (Lipinski definition) is 0. The average molecular weight is 249 g/mol. The molecule has 2 aliphatic rings. The van der Waals surface area contributed by atoms with E-state index in [2.05, 4.69) is 25.7 Å². The third-order valence-electron chi connectivity index (χ3n) is 3.01. The standard InChI is InChI=1S/C14H19NO3/c1-10(2)13(7-6-11-4-5-11)15-9-12(17-3)8-14(16)18-15/h8,10-11,13H,4-5,9H2,1-3H3. The monoisotopic (exact) mass is 249 g/mol. The average Bonchev–Trinajstić information content (AvgIpc) is 3.12. The summed E-state index contributed by atoms with van der Waals surface area (Å²) in [6, 6.07) is -0.0756. The van der Waals surface area contributed by atoms with Crippen molar-refractivity contribution < 1.29 is 14.4 Å². The maximum atomic E-state index is 11.5. The van der Waals surface area contributed by atoms with Crippen molar-refractivity contribution in [1.82, 2.24) is 5.06 Å². The third-order valence-corrected chi connectivity index (χ3v) is 3.01. The Labute approximate surface area is 108 Å². The molecule has 0 amide bonds. The number of hydroxylamine groups is 2. The smallest absolute Gasteiger partial charge is 0.353 e. The lowest BCUT2D eigenvalue weighted by Gasteiger charge is -2.31. The van der Waals surface area contributed by atoms with Gasteiger partial charge >= 0.3 is 5.97 Å². The zero-order valence-corrected chi connectivity index (χ0v) is 11.1. The second kappa shape index (κ2) is 5.45. The van der Waals surface area contributed by atoms with E-state index in [0.717, 1.165) is 0 Å². The summed E-state index contributed by atoms with van der Waals surface area (Å²) in [6.45, 7) is 4.61. The van der Waals surface area contributed by atoms with E-state index < -0.39 is 5.97 Å². The maximum absolute atomic E-state index is 11.5. The summed E-state index contributed by atoms with van der Waals surface area (Å²) in [5.74, 6) is 7.53. The van der Waals surface area contributed by atoms with Crippen molar-refractivity contribution in [2.45, 2.75) is 32.7 Å². The van der Waals surface area contributed by atoms with Gasteiger partial charge in [-0.25, -0.2) is 4.79 Å². The molecule has 1 fully saturated rings. The minimum atomic E-state index is -0.392. The van der Waals surface area contributed by atoms with Gasteiger partial charge < -0.3 is 9.57 Å². The first-order valence-electron chi connectivity index (χ1n) is 6.34. The normalized spacial score (nSPS) is 21.8. The number of carbonyl (C=O) groups excluding carboxylic acids is 1. The molecule has 2 rings (SSSR count). The molecule has 1 unspecified atom stereocenters. The molecule has 1 atom stereocenters. The minimum absolute atomic E-state index is 0.0756. The SMILES string of the molecule is COC1=CC(=O)ON(C(C#CC2CC2)C(C)C)C1. The van der Waals surface area contributed by atoms with Gasteiger partial charge in [0.15, 0.2) is 0 Å². The van der Waals surface area contributed by atoms with E-state index in [-0.39, 0.29) is 6.04 Å². The highest BCUT2D eigenvalue weighted by Gasteiger charge is 2.29. The van der Waals surface area contributed by atoms with Crippen LogP contribution in [0.5, 0.6) is 0 Å². The second-order valence-electron chi connectivity index (χ2n) is 5.05. The van der Waals surface area contributed by atoms with Crippen LogP contribution >= 0.6 is 0 Å². The van der Waals surface area contributed by atoms with E-state index in [9.17, 15) is 4.79 Å². The number of rotatable bonds is 3. The molecule has 98 valence electrons. The Morgan fingerprint density at radius 3 is 2.78 bits per heavy atom. The number of carbonyl (C=O) groups is 1. The highest BCUT2D eigenvalue weighted by atomic mass is 16.7. The van der Waals surface area contributed by atoms with Crippen molar-refractivity contribution in [2.75, 3.05) is 13.7 Å². The van der Waals surface area contributed by atoms with Crippen LogP contribution in [0.4, 0.5) is 0 Å². The highest BCUT2D eigenvalue weighted by molar-refractivity contribution is 5.83. The van der Waals surface area contributed by atoms with Crippen molar-refractivity contribution in [3.63, 3.8) is 0 Å². The van der Waals surface area contributed by atoms with Gasteiger partial charge in [0.2, 0.25) is 0 Å². The van der Waals surface area contributed by atoms with Crippen LogP contribution in [-0.2, 0) is 14.4 Å². The zero-order chi connectivity index (χ0) is 13.1. The molecule has 1 aliphatic heterocycles. The van der Waals surface area contributed by atoms with Gasteiger partial charge in [-0.3, -0.25) is 0 Å². The zero-order valence-electron chi connectivity index (χ0n) is 11.1. The molecule has 0 aromatic carbocycles. The maximum Gasteiger partial charge on any atom is 0.353 e. The van der Waals surface area contributed by atoms with Gasteiger partial charge in [-0.2, -0.15) is 0 Å². The Kier molecular flexibility index (Phi) is 3.93. The Hall–Kier alpha value is -1.47. The largest absolute Gasteiger partial charge is 0.499 e. The highest BCUT2D eigenvalue weighted by Crippen LogP contribution is 2.28. The summed E-state index contributed by atoms with van der Waals surface area (Å²) < 4.78 is 5.13. The van der Waals surface area contributed by atoms with E-state index in [0.29, 0.717) is 24.1 Å². The molecule has 4 heteroatoms. The van der Waals surface area contributed by atoms with Crippen LogP contribution in [0.2, 0.25) is 0 Å². The molecule has 1 heterocycles. The van der Waals surface area contributed by atoms with Crippen molar-refractivity contribution in [3.05, 3.63) is 11.8 Å². The van der Waals surface area contributed by atoms with Gasteiger partial charge in [-0.05, 0) is 18.8 Å². The lowest BCUT2D eigenvalue weighted by Crippen LogP contribution is -2.43. The van der Waals surface area contributed by atoms with Crippen molar-refractivity contribution in [1.29, 1.82) is 0 Å². The number of methoxy groups -OCH3 is 1.